The van der Waals surface area contributed by atoms with Gasteiger partial charge in [0.1, 0.15) is 5.82 Å². The minimum absolute atomic E-state index is 0.380. The molecule has 8 nitrogen and oxygen atoms in total. The number of H-pyrrole nitrogens is 1. The van der Waals surface area contributed by atoms with Crippen LogP contribution in [0.2, 0.25) is 0 Å². The van der Waals surface area contributed by atoms with E-state index in [-0.39, 0.29) is 0 Å². The van der Waals surface area contributed by atoms with Crippen LogP contribution in [0.3, 0.4) is 0 Å². The largest absolute Gasteiger partial charge is 0.310 e. The number of aromatic amines is 1. The summed E-state index contributed by atoms with van der Waals surface area (Å²) in [6, 6.07) is 13.3. The molecular formula is C28H38N8. The number of aromatic nitrogens is 8. The van der Waals surface area contributed by atoms with Crippen LogP contribution in [0.5, 0.6) is 0 Å². The van der Waals surface area contributed by atoms with Gasteiger partial charge in [0.25, 0.3) is 0 Å². The lowest BCUT2D eigenvalue weighted by molar-refractivity contribution is 0.433. The van der Waals surface area contributed by atoms with Gasteiger partial charge in [0.05, 0.1) is 12.2 Å². The maximum absolute atomic E-state index is 4.90. The van der Waals surface area contributed by atoms with Gasteiger partial charge in [0.2, 0.25) is 0 Å². The van der Waals surface area contributed by atoms with Crippen molar-refractivity contribution in [3.05, 3.63) is 59.3 Å². The Kier molecular flexibility index (Phi) is 7.58. The minimum Gasteiger partial charge on any atom is -0.310 e. The fraction of sp³-hybridized carbons (Fsp3) is 0.536. The fourth-order valence-electron chi connectivity index (χ4n) is 5.26. The lowest BCUT2D eigenvalue weighted by atomic mass is 9.87. The van der Waals surface area contributed by atoms with Gasteiger partial charge in [-0.1, -0.05) is 58.6 Å². The van der Waals surface area contributed by atoms with Gasteiger partial charge < -0.3 is 4.57 Å². The normalized spacial score (nSPS) is 15.4. The smallest absolute Gasteiger partial charge is 0.196 e. The summed E-state index contributed by atoms with van der Waals surface area (Å²) in [5, 5.41) is 19.7. The van der Waals surface area contributed by atoms with Crippen LogP contribution in [0.4, 0.5) is 0 Å². The number of unbranched alkanes of at least 4 members (excludes halogenated alkanes) is 1. The number of rotatable bonds is 10. The second kappa shape index (κ2) is 11.2. The van der Waals surface area contributed by atoms with Crippen LogP contribution < -0.4 is 0 Å². The maximum Gasteiger partial charge on any atom is 0.196 e. The summed E-state index contributed by atoms with van der Waals surface area (Å²) in [6.07, 6.45) is 10.7. The molecule has 1 saturated carbocycles. The Morgan fingerprint density at radius 1 is 1.03 bits per heavy atom. The zero-order valence-corrected chi connectivity index (χ0v) is 21.8. The van der Waals surface area contributed by atoms with E-state index < -0.39 is 0 Å². The molecule has 0 aliphatic heterocycles. The Morgan fingerprint density at radius 2 is 1.83 bits per heavy atom. The Labute approximate surface area is 213 Å². The maximum atomic E-state index is 4.90. The average molecular weight is 487 g/mol. The quantitative estimate of drug-likeness (QED) is 0.288. The summed E-state index contributed by atoms with van der Waals surface area (Å²) >= 11 is 0. The van der Waals surface area contributed by atoms with E-state index in [1.165, 1.54) is 43.4 Å². The van der Waals surface area contributed by atoms with Gasteiger partial charge in [0, 0.05) is 23.7 Å². The van der Waals surface area contributed by atoms with E-state index in [0.29, 0.717) is 17.7 Å². The van der Waals surface area contributed by atoms with Crippen molar-refractivity contribution in [2.75, 3.05) is 0 Å². The molecule has 8 heteroatoms. The van der Waals surface area contributed by atoms with E-state index in [2.05, 4.69) is 87.0 Å². The van der Waals surface area contributed by atoms with E-state index in [1.54, 1.807) is 0 Å². The van der Waals surface area contributed by atoms with Crippen molar-refractivity contribution in [3.8, 4) is 17.2 Å². The van der Waals surface area contributed by atoms with E-state index in [9.17, 15) is 0 Å². The first-order valence-electron chi connectivity index (χ1n) is 13.7. The molecule has 1 aliphatic rings. The molecule has 1 atom stereocenters. The third-order valence-electron chi connectivity index (χ3n) is 7.62. The van der Waals surface area contributed by atoms with E-state index in [1.807, 2.05) is 0 Å². The molecule has 1 N–H and O–H groups in total. The zero-order chi connectivity index (χ0) is 24.9. The molecule has 0 radical (unpaired) electrons. The predicted molar refractivity (Wildman–Crippen MR) is 141 cm³/mol. The third-order valence-corrected chi connectivity index (χ3v) is 7.62. The van der Waals surface area contributed by atoms with E-state index in [0.717, 1.165) is 55.3 Å². The minimum atomic E-state index is 0.380. The monoisotopic (exact) mass is 486 g/mol. The molecule has 1 fully saturated rings. The number of hydrogen-bond acceptors (Lipinski definition) is 5. The molecular weight excluding hydrogens is 448 g/mol. The first kappa shape index (κ1) is 24.4. The third kappa shape index (κ3) is 5.13. The van der Waals surface area contributed by atoms with Crippen molar-refractivity contribution in [2.45, 2.75) is 96.9 Å². The summed E-state index contributed by atoms with van der Waals surface area (Å²) in [7, 11) is 0. The van der Waals surface area contributed by atoms with Crippen LogP contribution in [-0.4, -0.2) is 40.0 Å². The van der Waals surface area contributed by atoms with Crippen molar-refractivity contribution in [2.24, 2.45) is 0 Å². The van der Waals surface area contributed by atoms with E-state index in [4.69, 9.17) is 10.1 Å². The molecule has 3 heterocycles. The first-order valence-corrected chi connectivity index (χ1v) is 13.7. The molecule has 190 valence electrons. The standard InChI is InChI=1S/C28H38N8/c1-4-6-12-26-29-27(20(3)5-2)32-35(26)19-21-13-15-23(16-14-21)36-24(22-10-8-7-9-11-22)17-18-25(36)28-30-33-34-31-28/h13-18,20,22H,4-12,19H2,1-3H3,(H,30,31,33,34). The van der Waals surface area contributed by atoms with Crippen LogP contribution in [-0.2, 0) is 13.0 Å². The second-order valence-corrected chi connectivity index (χ2v) is 10.2. The Bertz CT molecular complexity index is 1230. The summed E-state index contributed by atoms with van der Waals surface area (Å²) in [6.45, 7) is 7.37. The van der Waals surface area contributed by atoms with Gasteiger partial charge >= 0.3 is 0 Å². The van der Waals surface area contributed by atoms with Gasteiger partial charge in [-0.05, 0) is 71.9 Å². The van der Waals surface area contributed by atoms with Gasteiger partial charge in [-0.3, -0.25) is 0 Å². The highest BCUT2D eigenvalue weighted by Crippen LogP contribution is 2.37. The van der Waals surface area contributed by atoms with Crippen molar-refractivity contribution >= 4 is 0 Å². The fourth-order valence-corrected chi connectivity index (χ4v) is 5.26. The topological polar surface area (TPSA) is 90.1 Å². The second-order valence-electron chi connectivity index (χ2n) is 10.2. The Morgan fingerprint density at radius 3 is 2.53 bits per heavy atom. The molecule has 1 unspecified atom stereocenters. The summed E-state index contributed by atoms with van der Waals surface area (Å²) in [5.41, 5.74) is 4.72. The Hall–Kier alpha value is -3.29. The van der Waals surface area contributed by atoms with Crippen molar-refractivity contribution in [1.82, 2.24) is 40.0 Å². The predicted octanol–water partition coefficient (Wildman–Crippen LogP) is 6.20. The van der Waals surface area contributed by atoms with Gasteiger partial charge in [-0.15, -0.1) is 5.10 Å². The zero-order valence-electron chi connectivity index (χ0n) is 21.8. The average Bonchev–Trinajstić information content (AvgIpc) is 3.68. The molecule has 0 spiro atoms. The van der Waals surface area contributed by atoms with Crippen molar-refractivity contribution < 1.29 is 0 Å². The van der Waals surface area contributed by atoms with Crippen LogP contribution in [0.1, 0.15) is 107 Å². The SMILES string of the molecule is CCCCc1nc(C(C)CC)nn1Cc1ccc(-n2c(-c3nnn[nH]3)ccc2C2CCCCC2)cc1. The van der Waals surface area contributed by atoms with Crippen molar-refractivity contribution in [3.63, 3.8) is 0 Å². The number of nitrogens with zero attached hydrogens (tertiary/aromatic N) is 7. The molecule has 1 aromatic carbocycles. The van der Waals surface area contributed by atoms with Crippen LogP contribution >= 0.6 is 0 Å². The van der Waals surface area contributed by atoms with Crippen LogP contribution in [0.15, 0.2) is 36.4 Å². The van der Waals surface area contributed by atoms with Gasteiger partial charge in [0.15, 0.2) is 11.6 Å². The molecule has 0 bridgehead atoms. The summed E-state index contributed by atoms with van der Waals surface area (Å²) < 4.78 is 4.45. The molecule has 36 heavy (non-hydrogen) atoms. The Balaban J connectivity index is 1.44. The lowest BCUT2D eigenvalue weighted by Gasteiger charge is -2.24. The van der Waals surface area contributed by atoms with Crippen LogP contribution in [0.25, 0.3) is 17.2 Å². The molecule has 5 rings (SSSR count). The summed E-state index contributed by atoms with van der Waals surface area (Å²) in [5.74, 6) is 3.71. The first-order chi connectivity index (χ1) is 17.7. The van der Waals surface area contributed by atoms with E-state index >= 15 is 0 Å². The number of nitrogens with one attached hydrogen (secondary N) is 1. The van der Waals surface area contributed by atoms with Gasteiger partial charge in [-0.25, -0.2) is 14.8 Å². The highest BCUT2D eigenvalue weighted by Gasteiger charge is 2.23. The summed E-state index contributed by atoms with van der Waals surface area (Å²) in [4.78, 5) is 4.90. The molecule has 0 saturated heterocycles. The number of benzene rings is 1. The van der Waals surface area contributed by atoms with Crippen LogP contribution in [0, 0.1) is 0 Å². The number of tetrazole rings is 1. The highest BCUT2D eigenvalue weighted by molar-refractivity contribution is 5.57. The molecule has 4 aromatic rings. The number of hydrogen-bond donors (Lipinski definition) is 1. The molecule has 1 aliphatic carbocycles. The molecule has 0 amide bonds. The lowest BCUT2D eigenvalue weighted by Crippen LogP contribution is -2.11. The van der Waals surface area contributed by atoms with Gasteiger partial charge in [-0.2, -0.15) is 5.10 Å². The number of aryl methyl sites for hydroxylation is 1. The van der Waals surface area contributed by atoms with Crippen molar-refractivity contribution in [1.29, 1.82) is 0 Å². The highest BCUT2D eigenvalue weighted by atomic mass is 15.5. The molecule has 3 aromatic heterocycles.